The van der Waals surface area contributed by atoms with Gasteiger partial charge in [-0.3, -0.25) is 10.3 Å². The van der Waals surface area contributed by atoms with E-state index < -0.39 is 0 Å². The van der Waals surface area contributed by atoms with Crippen LogP contribution in [-0.2, 0) is 4.84 Å². The first-order valence-electron chi connectivity index (χ1n) is 2.02. The lowest BCUT2D eigenvalue weighted by Crippen LogP contribution is -2.10. The Labute approximate surface area is 36.8 Å². The molecule has 0 saturated carbocycles. The van der Waals surface area contributed by atoms with Crippen molar-refractivity contribution in [2.45, 2.75) is 6.42 Å². The van der Waals surface area contributed by atoms with E-state index in [2.05, 4.69) is 5.48 Å². The number of hydrogen-bond acceptors (Lipinski definition) is 2. The maximum atomic E-state index is 4.73. The zero-order chi connectivity index (χ0) is 4.24. The fraction of sp³-hybridized carbons (Fsp3) is 0.500. The van der Waals surface area contributed by atoms with Crippen LogP contribution in [0.1, 0.15) is 6.42 Å². The molecule has 0 aliphatic carbocycles. The van der Waals surface area contributed by atoms with E-state index in [1.54, 1.807) is 6.20 Å². The zero-order valence-corrected chi connectivity index (χ0v) is 3.48. The number of rotatable bonds is 0. The number of nitrogens with one attached hydrogen (secondary N) is 1. The predicted molar refractivity (Wildman–Crippen MR) is 22.8 cm³/mol. The summed E-state index contributed by atoms with van der Waals surface area (Å²) in [4.78, 5) is 4.73. The highest BCUT2D eigenvalue weighted by molar-refractivity contribution is 4.78. The van der Waals surface area contributed by atoms with Crippen LogP contribution in [0, 0.1) is 0 Å². The van der Waals surface area contributed by atoms with E-state index in [1.807, 2.05) is 6.08 Å². The molecule has 1 rings (SSSR count). The monoisotopic (exact) mass is 85.1 g/mol. The Morgan fingerprint density at radius 1 is 1.67 bits per heavy atom. The number of hydroxylamine groups is 1. The lowest BCUT2D eigenvalue weighted by Gasteiger charge is -2.03. The van der Waals surface area contributed by atoms with Gasteiger partial charge < -0.3 is 0 Å². The minimum absolute atomic E-state index is 0.802. The molecule has 0 atom stereocenters. The van der Waals surface area contributed by atoms with Gasteiger partial charge in [-0.25, -0.2) is 0 Å². The van der Waals surface area contributed by atoms with E-state index >= 15 is 0 Å². The van der Waals surface area contributed by atoms with E-state index in [4.69, 9.17) is 4.84 Å². The fourth-order valence-electron chi connectivity index (χ4n) is 0.365. The van der Waals surface area contributed by atoms with Gasteiger partial charge in [0.2, 0.25) is 0 Å². The molecule has 0 bridgehead atoms. The fourth-order valence-corrected chi connectivity index (χ4v) is 0.365. The first kappa shape index (κ1) is 3.68. The Kier molecular flexibility index (Phi) is 1.12. The molecular weight excluding hydrogens is 78.0 g/mol. The third kappa shape index (κ3) is 0.723. The maximum Gasteiger partial charge on any atom is 0.0780 e. The highest BCUT2D eigenvalue weighted by Gasteiger charge is 1.84. The van der Waals surface area contributed by atoms with Gasteiger partial charge in [0.1, 0.15) is 0 Å². The van der Waals surface area contributed by atoms with Gasteiger partial charge in [-0.05, 0) is 6.42 Å². The second-order valence-corrected chi connectivity index (χ2v) is 1.16. The van der Waals surface area contributed by atoms with Crippen molar-refractivity contribution in [1.82, 2.24) is 5.48 Å². The molecule has 0 aromatic carbocycles. The van der Waals surface area contributed by atoms with Crippen molar-refractivity contribution in [3.63, 3.8) is 0 Å². The van der Waals surface area contributed by atoms with Crippen molar-refractivity contribution in [1.29, 1.82) is 0 Å². The summed E-state index contributed by atoms with van der Waals surface area (Å²) in [6.45, 7) is 0.802. The van der Waals surface area contributed by atoms with Crippen molar-refractivity contribution in [3.8, 4) is 0 Å². The lowest BCUT2D eigenvalue weighted by molar-refractivity contribution is 0.0658. The van der Waals surface area contributed by atoms with Crippen molar-refractivity contribution in [2.75, 3.05) is 6.61 Å². The first-order chi connectivity index (χ1) is 3.00. The molecule has 0 spiro atoms. The average molecular weight is 85.1 g/mol. The summed E-state index contributed by atoms with van der Waals surface area (Å²) in [5, 5.41) is 0. The van der Waals surface area contributed by atoms with Crippen LogP contribution in [0.15, 0.2) is 12.3 Å². The van der Waals surface area contributed by atoms with Gasteiger partial charge >= 0.3 is 0 Å². The molecule has 0 amide bonds. The molecule has 0 unspecified atom stereocenters. The van der Waals surface area contributed by atoms with Crippen molar-refractivity contribution >= 4 is 0 Å². The molecule has 6 heavy (non-hydrogen) atoms. The highest BCUT2D eigenvalue weighted by Crippen LogP contribution is 1.86. The van der Waals surface area contributed by atoms with E-state index in [0.29, 0.717) is 0 Å². The van der Waals surface area contributed by atoms with Crippen LogP contribution in [0.5, 0.6) is 0 Å². The maximum absolute atomic E-state index is 4.73. The lowest BCUT2D eigenvalue weighted by atomic mass is 10.4. The van der Waals surface area contributed by atoms with Gasteiger partial charge in [0, 0.05) is 6.20 Å². The molecule has 2 heteroatoms. The normalized spacial score (nSPS) is 20.0. The van der Waals surface area contributed by atoms with Gasteiger partial charge in [-0.15, -0.1) is 0 Å². The summed E-state index contributed by atoms with van der Waals surface area (Å²) in [5.74, 6) is 0. The molecule has 1 heterocycles. The van der Waals surface area contributed by atoms with Gasteiger partial charge in [-0.1, -0.05) is 6.08 Å². The van der Waals surface area contributed by atoms with Crippen LogP contribution in [0.3, 0.4) is 0 Å². The summed E-state index contributed by atoms with van der Waals surface area (Å²) in [6.07, 6.45) is 4.86. The standard InChI is InChI=1S/C4H7NO/c1-2-4-6-5-3-1/h1,3,5H,2,4H2. The van der Waals surface area contributed by atoms with E-state index in [1.165, 1.54) is 0 Å². The highest BCUT2D eigenvalue weighted by atomic mass is 16.6. The van der Waals surface area contributed by atoms with Crippen LogP contribution in [-0.4, -0.2) is 6.61 Å². The quantitative estimate of drug-likeness (QED) is 0.460. The average Bonchev–Trinajstić information content (AvgIpc) is 1.72. The van der Waals surface area contributed by atoms with E-state index in [-0.39, 0.29) is 0 Å². The summed E-state index contributed by atoms with van der Waals surface area (Å²) in [7, 11) is 0. The third-order valence-corrected chi connectivity index (χ3v) is 0.656. The SMILES string of the molecule is C1=CNOCC1. The molecule has 2 nitrogen and oxygen atoms in total. The van der Waals surface area contributed by atoms with Crippen LogP contribution in [0.4, 0.5) is 0 Å². The van der Waals surface area contributed by atoms with E-state index in [0.717, 1.165) is 13.0 Å². The van der Waals surface area contributed by atoms with Gasteiger partial charge in [-0.2, -0.15) is 0 Å². The smallest absolute Gasteiger partial charge is 0.0780 e. The Morgan fingerprint density at radius 3 is 2.83 bits per heavy atom. The summed E-state index contributed by atoms with van der Waals surface area (Å²) < 4.78 is 0. The topological polar surface area (TPSA) is 21.3 Å². The second-order valence-electron chi connectivity index (χ2n) is 1.16. The Morgan fingerprint density at radius 2 is 2.67 bits per heavy atom. The number of hydrogen-bond donors (Lipinski definition) is 1. The van der Waals surface area contributed by atoms with Crippen LogP contribution < -0.4 is 5.48 Å². The minimum atomic E-state index is 0.802. The predicted octanol–water partition coefficient (Wildman–Crippen LogP) is 0.425. The zero-order valence-electron chi connectivity index (χ0n) is 3.48. The van der Waals surface area contributed by atoms with Crippen LogP contribution >= 0.6 is 0 Å². The van der Waals surface area contributed by atoms with E-state index in [9.17, 15) is 0 Å². The molecule has 0 aromatic heterocycles. The molecule has 1 aliphatic rings. The van der Waals surface area contributed by atoms with Crippen molar-refractivity contribution < 1.29 is 4.84 Å². The molecule has 34 valence electrons. The van der Waals surface area contributed by atoms with Crippen LogP contribution in [0.2, 0.25) is 0 Å². The summed E-state index contributed by atoms with van der Waals surface area (Å²) in [5.41, 5.74) is 2.60. The Balaban J connectivity index is 2.26. The molecule has 1 aliphatic heterocycles. The van der Waals surface area contributed by atoms with Gasteiger partial charge in [0.05, 0.1) is 6.61 Å². The minimum Gasteiger partial charge on any atom is -0.276 e. The van der Waals surface area contributed by atoms with Crippen molar-refractivity contribution in [2.24, 2.45) is 0 Å². The van der Waals surface area contributed by atoms with Gasteiger partial charge in [0.25, 0.3) is 0 Å². The molecule has 0 saturated heterocycles. The second kappa shape index (κ2) is 1.82. The van der Waals surface area contributed by atoms with Gasteiger partial charge in [0.15, 0.2) is 0 Å². The molecule has 0 radical (unpaired) electrons. The van der Waals surface area contributed by atoms with Crippen molar-refractivity contribution in [3.05, 3.63) is 12.3 Å². The first-order valence-corrected chi connectivity index (χ1v) is 2.02. The molecule has 0 fully saturated rings. The summed E-state index contributed by atoms with van der Waals surface area (Å²) in [6, 6.07) is 0. The Hall–Kier alpha value is -0.500. The third-order valence-electron chi connectivity index (χ3n) is 0.656. The van der Waals surface area contributed by atoms with Crippen LogP contribution in [0.25, 0.3) is 0 Å². The molecule has 0 aromatic rings. The largest absolute Gasteiger partial charge is 0.276 e. The summed E-state index contributed by atoms with van der Waals surface area (Å²) >= 11 is 0. The Bertz CT molecular complexity index is 52.6. The molecular formula is C4H7NO. The molecule has 1 N–H and O–H groups in total.